The topological polar surface area (TPSA) is 96.2 Å². The van der Waals surface area contributed by atoms with Gasteiger partial charge >= 0.3 is 0 Å². The Hall–Kier alpha value is -2.66. The highest BCUT2D eigenvalue weighted by Crippen LogP contribution is 2.42. The van der Waals surface area contributed by atoms with Gasteiger partial charge in [0.15, 0.2) is 11.4 Å². The Morgan fingerprint density at radius 3 is 2.61 bits per heavy atom. The lowest BCUT2D eigenvalue weighted by atomic mass is 9.77. The maximum Gasteiger partial charge on any atom is 0.264 e. The van der Waals surface area contributed by atoms with Gasteiger partial charge in [0, 0.05) is 50.0 Å². The zero-order valence-electron chi connectivity index (χ0n) is 21.9. The Balaban J connectivity index is 1.25. The molecule has 3 heterocycles. The summed E-state index contributed by atoms with van der Waals surface area (Å²) >= 11 is 6.73. The number of carbonyl (C=O) groups excluding carboxylic acids is 1. The number of para-hydroxylation sites is 1. The summed E-state index contributed by atoms with van der Waals surface area (Å²) in [5, 5.41) is 5.94. The van der Waals surface area contributed by atoms with Gasteiger partial charge in [0.05, 0.1) is 11.6 Å². The van der Waals surface area contributed by atoms with Crippen LogP contribution in [0, 0.1) is 0 Å². The van der Waals surface area contributed by atoms with Gasteiger partial charge in [-0.25, -0.2) is 0 Å². The van der Waals surface area contributed by atoms with E-state index in [0.29, 0.717) is 11.6 Å². The van der Waals surface area contributed by atoms with E-state index in [9.17, 15) is 13.2 Å². The Kier molecular flexibility index (Phi) is 7.43. The number of hydrogen-bond donors (Lipinski definition) is 0. The standard InChI is InChI=1S/C27H33ClN4O5S/c1-27(2)9-11-32(25(33)18-36-38(3,34)35)23-17-22(28)19(16-21(23)27)8-10-30-12-14-31(15-13-30)26-20-6-4-5-7-24(20)37-29-26/h4-7,16-17H,8-15,18H2,1-3H3. The first-order chi connectivity index (χ1) is 18.0. The third-order valence-corrected chi connectivity index (χ3v) is 8.47. The van der Waals surface area contributed by atoms with Gasteiger partial charge in [-0.3, -0.25) is 13.9 Å². The van der Waals surface area contributed by atoms with Crippen LogP contribution in [-0.2, 0) is 30.9 Å². The van der Waals surface area contributed by atoms with Gasteiger partial charge in [-0.2, -0.15) is 8.42 Å². The average molecular weight is 561 g/mol. The normalized spacial score (nSPS) is 18.1. The SMILES string of the molecule is CC1(C)CCN(C(=O)COS(C)(=O)=O)c2cc(Cl)c(CCN3CCN(c4noc5ccccc45)CC3)cc21. The lowest BCUT2D eigenvalue weighted by Crippen LogP contribution is -2.47. The summed E-state index contributed by atoms with van der Waals surface area (Å²) in [4.78, 5) is 19.1. The third-order valence-electron chi connectivity index (χ3n) is 7.57. The second kappa shape index (κ2) is 10.5. The quantitative estimate of drug-likeness (QED) is 0.402. The van der Waals surface area contributed by atoms with Crippen LogP contribution in [0.1, 0.15) is 31.4 Å². The van der Waals surface area contributed by atoms with Crippen LogP contribution in [0.4, 0.5) is 11.5 Å². The minimum atomic E-state index is -3.71. The molecule has 9 nitrogen and oxygen atoms in total. The summed E-state index contributed by atoms with van der Waals surface area (Å²) in [6.45, 7) is 8.71. The third kappa shape index (κ3) is 5.68. The molecule has 0 radical (unpaired) electrons. The van der Waals surface area contributed by atoms with Crippen LogP contribution in [0.2, 0.25) is 5.02 Å². The van der Waals surface area contributed by atoms with Crippen molar-refractivity contribution in [2.75, 3.05) is 61.9 Å². The molecule has 0 aliphatic carbocycles. The molecule has 1 aromatic heterocycles. The molecule has 11 heteroatoms. The molecule has 38 heavy (non-hydrogen) atoms. The van der Waals surface area contributed by atoms with E-state index in [-0.39, 0.29) is 5.41 Å². The highest BCUT2D eigenvalue weighted by molar-refractivity contribution is 7.86. The van der Waals surface area contributed by atoms with Crippen molar-refractivity contribution in [3.05, 3.63) is 52.5 Å². The number of amides is 1. The van der Waals surface area contributed by atoms with Gasteiger partial charge < -0.3 is 14.3 Å². The zero-order valence-corrected chi connectivity index (χ0v) is 23.5. The van der Waals surface area contributed by atoms with Crippen molar-refractivity contribution in [1.82, 2.24) is 10.1 Å². The highest BCUT2D eigenvalue weighted by atomic mass is 35.5. The molecule has 1 fully saturated rings. The molecule has 1 amide bonds. The molecule has 0 atom stereocenters. The second-order valence-electron chi connectivity index (χ2n) is 10.7. The first-order valence-corrected chi connectivity index (χ1v) is 15.0. The number of hydrogen-bond acceptors (Lipinski definition) is 8. The molecule has 1 saturated heterocycles. The summed E-state index contributed by atoms with van der Waals surface area (Å²) < 4.78 is 33.0. The first-order valence-electron chi connectivity index (χ1n) is 12.8. The van der Waals surface area contributed by atoms with Gasteiger partial charge in [-0.05, 0) is 47.6 Å². The van der Waals surface area contributed by atoms with Crippen molar-refractivity contribution in [1.29, 1.82) is 0 Å². The number of benzene rings is 2. The predicted octanol–water partition coefficient (Wildman–Crippen LogP) is 3.84. The van der Waals surface area contributed by atoms with E-state index in [0.717, 1.165) is 85.4 Å². The minimum absolute atomic E-state index is 0.144. The van der Waals surface area contributed by atoms with E-state index in [4.69, 9.17) is 20.3 Å². The maximum atomic E-state index is 12.8. The fraction of sp³-hybridized carbons (Fsp3) is 0.481. The summed E-state index contributed by atoms with van der Waals surface area (Å²) in [7, 11) is -3.71. The summed E-state index contributed by atoms with van der Waals surface area (Å²) in [5.74, 6) is 0.509. The Morgan fingerprint density at radius 1 is 1.13 bits per heavy atom. The smallest absolute Gasteiger partial charge is 0.264 e. The van der Waals surface area contributed by atoms with Crippen molar-refractivity contribution < 1.29 is 21.9 Å². The van der Waals surface area contributed by atoms with E-state index >= 15 is 0 Å². The number of halogens is 1. The maximum absolute atomic E-state index is 12.8. The van der Waals surface area contributed by atoms with Crippen molar-refractivity contribution in [2.45, 2.75) is 32.1 Å². The van der Waals surface area contributed by atoms with E-state index < -0.39 is 22.6 Å². The van der Waals surface area contributed by atoms with Gasteiger partial charge in [-0.1, -0.05) is 48.8 Å². The van der Waals surface area contributed by atoms with E-state index in [2.05, 4.69) is 34.9 Å². The molecule has 3 aromatic rings. The van der Waals surface area contributed by atoms with Gasteiger partial charge in [0.1, 0.15) is 6.61 Å². The number of piperazine rings is 1. The van der Waals surface area contributed by atoms with Crippen LogP contribution in [0.25, 0.3) is 11.0 Å². The molecule has 0 N–H and O–H groups in total. The number of fused-ring (bicyclic) bond motifs is 2. The molecular formula is C27H33ClN4O5S. The number of anilines is 2. The Labute approximate surface area is 228 Å². The first kappa shape index (κ1) is 26.9. The zero-order chi connectivity index (χ0) is 27.1. The van der Waals surface area contributed by atoms with E-state index in [1.807, 2.05) is 30.3 Å². The average Bonchev–Trinajstić information content (AvgIpc) is 3.30. The van der Waals surface area contributed by atoms with Crippen molar-refractivity contribution in [3.8, 4) is 0 Å². The molecule has 0 saturated carbocycles. The molecular weight excluding hydrogens is 528 g/mol. The molecule has 2 aliphatic rings. The van der Waals surface area contributed by atoms with Gasteiger partial charge in [0.2, 0.25) is 0 Å². The number of aromatic nitrogens is 1. The minimum Gasteiger partial charge on any atom is -0.354 e. The fourth-order valence-electron chi connectivity index (χ4n) is 5.27. The van der Waals surface area contributed by atoms with Gasteiger partial charge in [0.25, 0.3) is 16.0 Å². The van der Waals surface area contributed by atoms with Crippen LogP contribution < -0.4 is 9.80 Å². The molecule has 2 aromatic carbocycles. The summed E-state index contributed by atoms with van der Waals surface area (Å²) in [6, 6.07) is 11.9. The van der Waals surface area contributed by atoms with Crippen molar-refractivity contribution in [3.63, 3.8) is 0 Å². The monoisotopic (exact) mass is 560 g/mol. The highest BCUT2D eigenvalue weighted by Gasteiger charge is 2.35. The molecule has 204 valence electrons. The Bertz CT molecular complexity index is 1450. The number of carbonyl (C=O) groups is 1. The summed E-state index contributed by atoms with van der Waals surface area (Å²) in [5.41, 5.74) is 3.47. The fourth-order valence-corrected chi connectivity index (χ4v) is 5.84. The van der Waals surface area contributed by atoms with Gasteiger partial charge in [-0.15, -0.1) is 0 Å². The van der Waals surface area contributed by atoms with E-state index in [1.54, 1.807) is 4.90 Å². The van der Waals surface area contributed by atoms with Crippen LogP contribution in [0.15, 0.2) is 40.9 Å². The van der Waals surface area contributed by atoms with Crippen LogP contribution in [0.5, 0.6) is 0 Å². The lowest BCUT2D eigenvalue weighted by Gasteiger charge is -2.39. The van der Waals surface area contributed by atoms with Crippen molar-refractivity contribution >= 4 is 50.1 Å². The molecule has 0 spiro atoms. The second-order valence-corrected chi connectivity index (χ2v) is 12.7. The summed E-state index contributed by atoms with van der Waals surface area (Å²) in [6.07, 6.45) is 2.48. The molecule has 0 bridgehead atoms. The largest absolute Gasteiger partial charge is 0.354 e. The van der Waals surface area contributed by atoms with Crippen molar-refractivity contribution in [2.24, 2.45) is 0 Å². The molecule has 2 aliphatic heterocycles. The lowest BCUT2D eigenvalue weighted by molar-refractivity contribution is -0.120. The van der Waals surface area contributed by atoms with Crippen LogP contribution >= 0.6 is 11.6 Å². The molecule has 0 unspecified atom stereocenters. The Morgan fingerprint density at radius 2 is 1.87 bits per heavy atom. The predicted molar refractivity (Wildman–Crippen MR) is 149 cm³/mol. The number of nitrogens with zero attached hydrogens (tertiary/aromatic N) is 4. The van der Waals surface area contributed by atoms with E-state index in [1.165, 1.54) is 0 Å². The number of rotatable bonds is 7. The van der Waals surface area contributed by atoms with Crippen LogP contribution in [0.3, 0.4) is 0 Å². The van der Waals surface area contributed by atoms with Crippen LogP contribution in [-0.4, -0.2) is 76.5 Å². The molecule has 5 rings (SSSR count).